The van der Waals surface area contributed by atoms with E-state index in [1.165, 1.54) is 5.56 Å². The number of ether oxygens (including phenoxy) is 3. The molecule has 0 saturated heterocycles. The van der Waals surface area contributed by atoms with Crippen LogP contribution >= 0.6 is 0 Å². The van der Waals surface area contributed by atoms with Gasteiger partial charge in [-0.05, 0) is 74.2 Å². The first-order chi connectivity index (χ1) is 18.1. The second kappa shape index (κ2) is 15.6. The quantitative estimate of drug-likeness (QED) is 0.247. The molecule has 0 saturated carbocycles. The highest BCUT2D eigenvalue weighted by Gasteiger charge is 2.12. The third-order valence-electron chi connectivity index (χ3n) is 6.11. The van der Waals surface area contributed by atoms with E-state index in [1.807, 2.05) is 38.1 Å². The summed E-state index contributed by atoms with van der Waals surface area (Å²) in [5.41, 5.74) is 2.92. The van der Waals surface area contributed by atoms with Crippen molar-refractivity contribution >= 4 is 5.91 Å². The molecule has 0 aliphatic rings. The molecule has 0 spiro atoms. The van der Waals surface area contributed by atoms with Gasteiger partial charge in [0.2, 0.25) is 0 Å². The summed E-state index contributed by atoms with van der Waals surface area (Å²) >= 11 is 0. The normalized spacial score (nSPS) is 11.5. The number of nitrogens with one attached hydrogen (secondary N) is 2. The van der Waals surface area contributed by atoms with Crippen molar-refractivity contribution in [3.8, 4) is 17.2 Å². The van der Waals surface area contributed by atoms with Crippen LogP contribution in [0.1, 0.15) is 48.7 Å². The molecule has 3 aromatic rings. The van der Waals surface area contributed by atoms with Gasteiger partial charge in [-0.25, -0.2) is 0 Å². The minimum Gasteiger partial charge on any atom is -0.492 e. The Hall–Kier alpha value is -3.51. The highest BCUT2D eigenvalue weighted by molar-refractivity contribution is 5.94. The number of hydrogen-bond donors (Lipinski definition) is 2. The average molecular weight is 505 g/mol. The van der Waals surface area contributed by atoms with Gasteiger partial charge in [-0.2, -0.15) is 0 Å². The second-order valence-corrected chi connectivity index (χ2v) is 8.87. The Morgan fingerprint density at radius 2 is 1.54 bits per heavy atom. The van der Waals surface area contributed by atoms with Crippen LogP contribution < -0.4 is 24.8 Å². The molecular weight excluding hydrogens is 464 g/mol. The maximum absolute atomic E-state index is 12.6. The Bertz CT molecular complexity index is 1070. The smallest absolute Gasteiger partial charge is 0.251 e. The van der Waals surface area contributed by atoms with Crippen molar-refractivity contribution in [3.63, 3.8) is 0 Å². The van der Waals surface area contributed by atoms with Gasteiger partial charge in [0.05, 0.1) is 13.2 Å². The topological polar surface area (TPSA) is 68.8 Å². The van der Waals surface area contributed by atoms with Crippen LogP contribution in [0.4, 0.5) is 0 Å². The molecule has 1 atom stereocenters. The SMILES string of the molecule is CCOc1ccc(C(=O)NCc2ccc(OCCNCC(CC)Cc3ccccc3)cc2)cc1OCC. The number of carbonyl (C=O) groups excluding carboxylic acids is 1. The molecule has 3 rings (SSSR count). The molecular formula is C31H40N2O4. The molecule has 0 heterocycles. The van der Waals surface area contributed by atoms with Crippen LogP contribution in [0.2, 0.25) is 0 Å². The zero-order valence-electron chi connectivity index (χ0n) is 22.3. The van der Waals surface area contributed by atoms with Gasteiger partial charge in [-0.3, -0.25) is 4.79 Å². The van der Waals surface area contributed by atoms with Gasteiger partial charge in [0.25, 0.3) is 5.91 Å². The molecule has 0 aliphatic heterocycles. The summed E-state index contributed by atoms with van der Waals surface area (Å²) in [4.78, 5) is 12.6. The van der Waals surface area contributed by atoms with Gasteiger partial charge < -0.3 is 24.8 Å². The van der Waals surface area contributed by atoms with E-state index in [0.29, 0.717) is 49.3 Å². The third-order valence-corrected chi connectivity index (χ3v) is 6.11. The Labute approximate surface area is 221 Å². The van der Waals surface area contributed by atoms with Gasteiger partial charge >= 0.3 is 0 Å². The Morgan fingerprint density at radius 3 is 2.24 bits per heavy atom. The van der Waals surface area contributed by atoms with Crippen molar-refractivity contribution in [2.24, 2.45) is 5.92 Å². The van der Waals surface area contributed by atoms with Crippen LogP contribution in [0.5, 0.6) is 17.2 Å². The fraction of sp³-hybridized carbons (Fsp3) is 0.387. The fourth-order valence-corrected chi connectivity index (χ4v) is 4.04. The molecule has 2 N–H and O–H groups in total. The van der Waals surface area contributed by atoms with Crippen LogP contribution in [0.15, 0.2) is 72.8 Å². The van der Waals surface area contributed by atoms with Gasteiger partial charge in [0.15, 0.2) is 11.5 Å². The highest BCUT2D eigenvalue weighted by atomic mass is 16.5. The van der Waals surface area contributed by atoms with Crippen molar-refractivity contribution in [1.29, 1.82) is 0 Å². The van der Waals surface area contributed by atoms with E-state index in [1.54, 1.807) is 18.2 Å². The monoisotopic (exact) mass is 504 g/mol. The lowest BCUT2D eigenvalue weighted by atomic mass is 9.97. The van der Waals surface area contributed by atoms with Crippen LogP contribution in [0, 0.1) is 5.92 Å². The lowest BCUT2D eigenvalue weighted by molar-refractivity contribution is 0.0950. The number of benzene rings is 3. The number of amides is 1. The summed E-state index contributed by atoms with van der Waals surface area (Å²) in [7, 11) is 0. The molecule has 3 aromatic carbocycles. The summed E-state index contributed by atoms with van der Waals surface area (Å²) < 4.78 is 17.1. The first-order valence-corrected chi connectivity index (χ1v) is 13.3. The second-order valence-electron chi connectivity index (χ2n) is 8.87. The summed E-state index contributed by atoms with van der Waals surface area (Å²) in [6, 6.07) is 23.7. The van der Waals surface area contributed by atoms with Crippen molar-refractivity contribution < 1.29 is 19.0 Å². The Kier molecular flexibility index (Phi) is 11.8. The standard InChI is InChI=1S/C31H40N2O4/c1-4-24(20-25-10-8-7-9-11-25)22-32-18-19-37-28-15-12-26(13-16-28)23-33-31(34)27-14-17-29(35-5-2)30(21-27)36-6-3/h7-17,21,24,32H,4-6,18-20,22-23H2,1-3H3,(H,33,34). The molecule has 1 unspecified atom stereocenters. The van der Waals surface area contributed by atoms with Crippen LogP contribution in [-0.2, 0) is 13.0 Å². The Balaban J connectivity index is 1.38. The van der Waals surface area contributed by atoms with Gasteiger partial charge in [-0.1, -0.05) is 55.8 Å². The largest absolute Gasteiger partial charge is 0.492 e. The summed E-state index contributed by atoms with van der Waals surface area (Å²) in [6.07, 6.45) is 2.24. The molecule has 0 bridgehead atoms. The van der Waals surface area contributed by atoms with Crippen LogP contribution in [0.25, 0.3) is 0 Å². The maximum atomic E-state index is 12.6. The van der Waals surface area contributed by atoms with Gasteiger partial charge in [-0.15, -0.1) is 0 Å². The lowest BCUT2D eigenvalue weighted by Crippen LogP contribution is -2.28. The molecule has 1 amide bonds. The van der Waals surface area contributed by atoms with Crippen molar-refractivity contribution in [1.82, 2.24) is 10.6 Å². The Morgan fingerprint density at radius 1 is 0.811 bits per heavy atom. The molecule has 6 heteroatoms. The zero-order chi connectivity index (χ0) is 26.3. The van der Waals surface area contributed by atoms with Crippen molar-refractivity contribution in [2.75, 3.05) is 32.9 Å². The van der Waals surface area contributed by atoms with E-state index >= 15 is 0 Å². The summed E-state index contributed by atoms with van der Waals surface area (Å²) in [6.45, 7) is 9.92. The summed E-state index contributed by atoms with van der Waals surface area (Å²) in [5, 5.41) is 6.48. The van der Waals surface area contributed by atoms with Crippen LogP contribution in [0.3, 0.4) is 0 Å². The van der Waals surface area contributed by atoms with E-state index in [4.69, 9.17) is 14.2 Å². The van der Waals surface area contributed by atoms with Crippen molar-refractivity contribution in [2.45, 2.75) is 40.2 Å². The molecule has 198 valence electrons. The van der Waals surface area contributed by atoms with E-state index in [0.717, 1.165) is 37.2 Å². The third kappa shape index (κ3) is 9.47. The highest BCUT2D eigenvalue weighted by Crippen LogP contribution is 2.28. The molecule has 0 fully saturated rings. The summed E-state index contributed by atoms with van der Waals surface area (Å²) in [5.74, 6) is 2.50. The van der Waals surface area contributed by atoms with E-state index < -0.39 is 0 Å². The minimum absolute atomic E-state index is 0.159. The average Bonchev–Trinajstić information content (AvgIpc) is 2.93. The number of carbonyl (C=O) groups is 1. The number of rotatable bonds is 16. The predicted octanol–water partition coefficient (Wildman–Crippen LogP) is 5.65. The van der Waals surface area contributed by atoms with Gasteiger partial charge in [0.1, 0.15) is 12.4 Å². The van der Waals surface area contributed by atoms with Gasteiger partial charge in [0, 0.05) is 18.7 Å². The molecule has 6 nitrogen and oxygen atoms in total. The lowest BCUT2D eigenvalue weighted by Gasteiger charge is -2.16. The van der Waals surface area contributed by atoms with Crippen molar-refractivity contribution in [3.05, 3.63) is 89.5 Å². The molecule has 37 heavy (non-hydrogen) atoms. The fourth-order valence-electron chi connectivity index (χ4n) is 4.04. The first-order valence-electron chi connectivity index (χ1n) is 13.3. The minimum atomic E-state index is -0.159. The molecule has 0 aliphatic carbocycles. The van der Waals surface area contributed by atoms with E-state index in [-0.39, 0.29) is 5.91 Å². The van der Waals surface area contributed by atoms with E-state index in [9.17, 15) is 4.79 Å². The predicted molar refractivity (Wildman–Crippen MR) is 149 cm³/mol. The van der Waals surface area contributed by atoms with Crippen LogP contribution in [-0.4, -0.2) is 38.8 Å². The molecule has 0 radical (unpaired) electrons. The number of hydrogen-bond acceptors (Lipinski definition) is 5. The maximum Gasteiger partial charge on any atom is 0.251 e. The van der Waals surface area contributed by atoms with E-state index in [2.05, 4.69) is 47.9 Å². The first kappa shape index (κ1) is 28.1. The zero-order valence-corrected chi connectivity index (χ0v) is 22.3. The molecule has 0 aromatic heterocycles.